The Morgan fingerprint density at radius 3 is 2.55 bits per heavy atom. The Balaban J connectivity index is 1.65. The summed E-state index contributed by atoms with van der Waals surface area (Å²) in [5, 5.41) is 4.08. The number of rotatable bonds is 3. The third-order valence-electron chi connectivity index (χ3n) is 4.12. The average molecular weight is 299 g/mol. The van der Waals surface area contributed by atoms with Gasteiger partial charge in [0.1, 0.15) is 0 Å². The molecule has 0 radical (unpaired) electrons. The second-order valence-corrected chi connectivity index (χ2v) is 6.08. The molecule has 5 nitrogen and oxygen atoms in total. The van der Waals surface area contributed by atoms with Gasteiger partial charge in [0.25, 0.3) is 0 Å². The highest BCUT2D eigenvalue weighted by atomic mass is 16.5. The number of carbonyl (C=O) groups is 1. The summed E-state index contributed by atoms with van der Waals surface area (Å²) in [4.78, 5) is 18.5. The number of carbonyl (C=O) groups excluding carboxylic acids is 1. The SMILES string of the molecule is CC(C)C(=O)N1CCC(c2nc(-c3ccccc3)no2)CC1. The predicted octanol–water partition coefficient (Wildman–Crippen LogP) is 3.10. The maximum Gasteiger partial charge on any atom is 0.230 e. The van der Waals surface area contributed by atoms with Gasteiger partial charge in [0.15, 0.2) is 0 Å². The summed E-state index contributed by atoms with van der Waals surface area (Å²) in [6.45, 7) is 5.42. The molecule has 1 amide bonds. The zero-order valence-electron chi connectivity index (χ0n) is 13.0. The molecule has 0 atom stereocenters. The van der Waals surface area contributed by atoms with Crippen LogP contribution in [-0.2, 0) is 4.79 Å². The lowest BCUT2D eigenvalue weighted by atomic mass is 9.96. The van der Waals surface area contributed by atoms with Gasteiger partial charge in [-0.05, 0) is 12.8 Å². The van der Waals surface area contributed by atoms with Gasteiger partial charge >= 0.3 is 0 Å². The van der Waals surface area contributed by atoms with Crippen LogP contribution in [0.2, 0.25) is 0 Å². The molecule has 0 aliphatic carbocycles. The molecule has 0 saturated carbocycles. The quantitative estimate of drug-likeness (QED) is 0.874. The molecule has 116 valence electrons. The highest BCUT2D eigenvalue weighted by Crippen LogP contribution is 2.28. The van der Waals surface area contributed by atoms with Gasteiger partial charge in [-0.3, -0.25) is 4.79 Å². The van der Waals surface area contributed by atoms with Crippen LogP contribution in [0.15, 0.2) is 34.9 Å². The van der Waals surface area contributed by atoms with E-state index >= 15 is 0 Å². The molecule has 5 heteroatoms. The van der Waals surface area contributed by atoms with Crippen LogP contribution in [0.25, 0.3) is 11.4 Å². The van der Waals surface area contributed by atoms with E-state index in [1.807, 2.05) is 49.1 Å². The van der Waals surface area contributed by atoms with Crippen molar-refractivity contribution in [1.29, 1.82) is 0 Å². The van der Waals surface area contributed by atoms with Crippen LogP contribution in [0.1, 0.15) is 38.5 Å². The molecule has 0 spiro atoms. The third-order valence-corrected chi connectivity index (χ3v) is 4.12. The van der Waals surface area contributed by atoms with Crippen LogP contribution in [-0.4, -0.2) is 34.0 Å². The van der Waals surface area contributed by atoms with E-state index in [4.69, 9.17) is 4.52 Å². The summed E-state index contributed by atoms with van der Waals surface area (Å²) in [5.41, 5.74) is 0.963. The zero-order valence-corrected chi connectivity index (χ0v) is 13.0. The summed E-state index contributed by atoms with van der Waals surface area (Å²) < 4.78 is 5.44. The van der Waals surface area contributed by atoms with E-state index in [0.29, 0.717) is 11.7 Å². The number of benzene rings is 1. The fraction of sp³-hybridized carbons (Fsp3) is 0.471. The van der Waals surface area contributed by atoms with Crippen LogP contribution in [0.3, 0.4) is 0 Å². The number of amides is 1. The normalized spacial score (nSPS) is 16.2. The van der Waals surface area contributed by atoms with E-state index in [9.17, 15) is 4.79 Å². The zero-order chi connectivity index (χ0) is 15.5. The lowest BCUT2D eigenvalue weighted by Crippen LogP contribution is -2.40. The Labute approximate surface area is 130 Å². The monoisotopic (exact) mass is 299 g/mol. The van der Waals surface area contributed by atoms with Crippen molar-refractivity contribution in [3.63, 3.8) is 0 Å². The van der Waals surface area contributed by atoms with Gasteiger partial charge in [0.2, 0.25) is 17.6 Å². The van der Waals surface area contributed by atoms with Gasteiger partial charge in [-0.1, -0.05) is 49.3 Å². The first-order chi connectivity index (χ1) is 10.6. The molecular formula is C17H21N3O2. The lowest BCUT2D eigenvalue weighted by molar-refractivity contribution is -0.135. The molecule has 0 N–H and O–H groups in total. The van der Waals surface area contributed by atoms with Crippen LogP contribution < -0.4 is 0 Å². The van der Waals surface area contributed by atoms with Crippen molar-refractivity contribution in [2.75, 3.05) is 13.1 Å². The van der Waals surface area contributed by atoms with Crippen molar-refractivity contribution in [2.45, 2.75) is 32.6 Å². The van der Waals surface area contributed by atoms with Gasteiger partial charge in [0.05, 0.1) is 0 Å². The molecule has 2 aromatic rings. The molecular weight excluding hydrogens is 278 g/mol. The molecule has 1 aliphatic heterocycles. The minimum Gasteiger partial charge on any atom is -0.342 e. The molecule has 1 saturated heterocycles. The Bertz CT molecular complexity index is 628. The fourth-order valence-corrected chi connectivity index (χ4v) is 2.82. The number of nitrogens with zero attached hydrogens (tertiary/aromatic N) is 3. The maximum atomic E-state index is 12.0. The first-order valence-corrected chi connectivity index (χ1v) is 7.83. The number of aromatic nitrogens is 2. The average Bonchev–Trinajstić information content (AvgIpc) is 3.05. The Morgan fingerprint density at radius 1 is 1.23 bits per heavy atom. The van der Waals surface area contributed by atoms with Crippen LogP contribution in [0.5, 0.6) is 0 Å². The highest BCUT2D eigenvalue weighted by Gasteiger charge is 2.28. The van der Waals surface area contributed by atoms with Crippen molar-refractivity contribution in [3.8, 4) is 11.4 Å². The van der Waals surface area contributed by atoms with Crippen LogP contribution in [0.4, 0.5) is 0 Å². The molecule has 0 bridgehead atoms. The third kappa shape index (κ3) is 3.03. The Morgan fingerprint density at radius 2 is 1.91 bits per heavy atom. The lowest BCUT2D eigenvalue weighted by Gasteiger charge is -2.31. The second-order valence-electron chi connectivity index (χ2n) is 6.08. The van der Waals surface area contributed by atoms with Crippen molar-refractivity contribution >= 4 is 5.91 Å². The molecule has 1 aromatic heterocycles. The summed E-state index contributed by atoms with van der Waals surface area (Å²) in [6.07, 6.45) is 1.77. The first-order valence-electron chi connectivity index (χ1n) is 7.83. The number of hydrogen-bond donors (Lipinski definition) is 0. The Kier molecular flexibility index (Phi) is 4.22. The van der Waals surface area contributed by atoms with Crippen molar-refractivity contribution < 1.29 is 9.32 Å². The number of likely N-dealkylation sites (tertiary alicyclic amines) is 1. The van der Waals surface area contributed by atoms with Gasteiger partial charge in [-0.2, -0.15) is 4.98 Å². The van der Waals surface area contributed by atoms with Crippen LogP contribution >= 0.6 is 0 Å². The maximum absolute atomic E-state index is 12.0. The molecule has 1 aliphatic rings. The topological polar surface area (TPSA) is 59.2 Å². The van der Waals surface area contributed by atoms with E-state index in [0.717, 1.165) is 31.5 Å². The fourth-order valence-electron chi connectivity index (χ4n) is 2.82. The second kappa shape index (κ2) is 6.30. The number of hydrogen-bond acceptors (Lipinski definition) is 4. The van der Waals surface area contributed by atoms with Crippen molar-refractivity contribution in [2.24, 2.45) is 5.92 Å². The van der Waals surface area contributed by atoms with E-state index in [1.165, 1.54) is 0 Å². The molecule has 2 heterocycles. The Hall–Kier alpha value is -2.17. The summed E-state index contributed by atoms with van der Waals surface area (Å²) >= 11 is 0. The van der Waals surface area contributed by atoms with Crippen molar-refractivity contribution in [3.05, 3.63) is 36.2 Å². The van der Waals surface area contributed by atoms with Gasteiger partial charge in [-0.25, -0.2) is 0 Å². The molecule has 0 unspecified atom stereocenters. The van der Waals surface area contributed by atoms with Crippen molar-refractivity contribution in [1.82, 2.24) is 15.0 Å². The van der Waals surface area contributed by atoms with E-state index < -0.39 is 0 Å². The summed E-state index contributed by atoms with van der Waals surface area (Å²) in [5.74, 6) is 1.87. The van der Waals surface area contributed by atoms with E-state index in [-0.39, 0.29) is 17.7 Å². The minimum absolute atomic E-state index is 0.0598. The predicted molar refractivity (Wildman–Crippen MR) is 83.1 cm³/mol. The molecule has 3 rings (SSSR count). The standard InChI is InChI=1S/C17H21N3O2/c1-12(2)17(21)20-10-8-14(9-11-20)16-18-15(19-22-16)13-6-4-3-5-7-13/h3-7,12,14H,8-11H2,1-2H3. The van der Waals surface area contributed by atoms with Crippen LogP contribution in [0, 0.1) is 5.92 Å². The number of piperidine rings is 1. The molecule has 1 aromatic carbocycles. The highest BCUT2D eigenvalue weighted by molar-refractivity contribution is 5.78. The summed E-state index contributed by atoms with van der Waals surface area (Å²) in [7, 11) is 0. The molecule has 22 heavy (non-hydrogen) atoms. The summed E-state index contributed by atoms with van der Waals surface area (Å²) in [6, 6.07) is 9.83. The molecule has 1 fully saturated rings. The van der Waals surface area contributed by atoms with Gasteiger partial charge in [-0.15, -0.1) is 0 Å². The van der Waals surface area contributed by atoms with E-state index in [1.54, 1.807) is 0 Å². The smallest absolute Gasteiger partial charge is 0.230 e. The van der Waals surface area contributed by atoms with Gasteiger partial charge < -0.3 is 9.42 Å². The first kappa shape index (κ1) is 14.8. The van der Waals surface area contributed by atoms with E-state index in [2.05, 4.69) is 10.1 Å². The largest absolute Gasteiger partial charge is 0.342 e. The minimum atomic E-state index is 0.0598. The van der Waals surface area contributed by atoms with Gasteiger partial charge in [0, 0.05) is 30.5 Å².